The number of carboxylic acids is 1. The number of nitrogens with zero attached hydrogens (tertiary/aromatic N) is 2. The van der Waals surface area contributed by atoms with Gasteiger partial charge in [-0.2, -0.15) is 0 Å². The van der Waals surface area contributed by atoms with Crippen LogP contribution in [0.3, 0.4) is 0 Å². The van der Waals surface area contributed by atoms with E-state index in [1.54, 1.807) is 0 Å². The summed E-state index contributed by atoms with van der Waals surface area (Å²) in [6, 6.07) is 0. The number of aliphatic imine (C=N–C) groups is 1. The summed E-state index contributed by atoms with van der Waals surface area (Å²) in [6.07, 6.45) is 15.7. The van der Waals surface area contributed by atoms with Gasteiger partial charge in [0.05, 0.1) is 12.4 Å². The summed E-state index contributed by atoms with van der Waals surface area (Å²) < 4.78 is 0. The van der Waals surface area contributed by atoms with Crippen LogP contribution in [0.4, 0.5) is 0 Å². The Morgan fingerprint density at radius 3 is 2.09 bits per heavy atom. The summed E-state index contributed by atoms with van der Waals surface area (Å²) in [4.78, 5) is 17.1. The van der Waals surface area contributed by atoms with Gasteiger partial charge in [0, 0.05) is 13.0 Å². The van der Waals surface area contributed by atoms with Gasteiger partial charge < -0.3 is 11.4 Å². The Kier molecular flexibility index (Phi) is 15.4. The first-order chi connectivity index (χ1) is 10.7. The topological polar surface area (TPSA) is 52.9 Å². The van der Waals surface area contributed by atoms with Gasteiger partial charge in [-0.1, -0.05) is 71.1 Å². The fourth-order valence-electron chi connectivity index (χ4n) is 3.05. The molecule has 0 saturated carbocycles. The summed E-state index contributed by atoms with van der Waals surface area (Å²) in [5, 5.41) is 8.86. The first kappa shape index (κ1) is 22.9. The number of rotatable bonds is 14. The normalized spacial score (nSPS) is 13.8. The molecule has 1 heterocycles. The average molecular weight is 334 g/mol. The average Bonchev–Trinajstić information content (AvgIpc) is 2.91. The summed E-state index contributed by atoms with van der Waals surface area (Å²) in [5.74, 6) is 0.256. The van der Waals surface area contributed by atoms with E-state index < -0.39 is 5.97 Å². The van der Waals surface area contributed by atoms with E-state index in [9.17, 15) is 4.79 Å². The SMILES string of the molecule is CCCCCCCCCCCCCC1=NCCN1CC(=O)O.[H-].[Na+]. The Morgan fingerprint density at radius 2 is 1.57 bits per heavy atom. The molecule has 1 rings (SSSR count). The van der Waals surface area contributed by atoms with Gasteiger partial charge in [0.25, 0.3) is 0 Å². The van der Waals surface area contributed by atoms with Crippen LogP contribution in [0.15, 0.2) is 4.99 Å². The molecule has 130 valence electrons. The molecule has 1 N–H and O–H groups in total. The van der Waals surface area contributed by atoms with E-state index in [0.717, 1.165) is 31.8 Å². The van der Waals surface area contributed by atoms with Crippen molar-refractivity contribution >= 4 is 11.8 Å². The van der Waals surface area contributed by atoms with Crippen molar-refractivity contribution in [1.29, 1.82) is 0 Å². The Labute approximate surface area is 165 Å². The fraction of sp³-hybridized carbons (Fsp3) is 0.889. The number of hydrogen-bond donors (Lipinski definition) is 1. The van der Waals surface area contributed by atoms with E-state index in [4.69, 9.17) is 5.11 Å². The molecule has 0 saturated heterocycles. The maximum atomic E-state index is 10.8. The van der Waals surface area contributed by atoms with Gasteiger partial charge in [-0.25, -0.2) is 0 Å². The number of aliphatic carboxylic acids is 1. The van der Waals surface area contributed by atoms with Crippen LogP contribution >= 0.6 is 0 Å². The molecule has 23 heavy (non-hydrogen) atoms. The zero-order valence-corrected chi connectivity index (χ0v) is 17.4. The predicted molar refractivity (Wildman–Crippen MR) is 93.7 cm³/mol. The van der Waals surface area contributed by atoms with Gasteiger partial charge in [0.1, 0.15) is 6.54 Å². The summed E-state index contributed by atoms with van der Waals surface area (Å²) in [5.41, 5.74) is 0. The number of hydrogen-bond acceptors (Lipinski definition) is 3. The van der Waals surface area contributed by atoms with Crippen LogP contribution in [0.1, 0.15) is 85.4 Å². The quantitative estimate of drug-likeness (QED) is 0.388. The molecule has 0 aromatic rings. The number of unbranched alkanes of at least 4 members (excludes halogenated alkanes) is 10. The van der Waals surface area contributed by atoms with Crippen LogP contribution in [-0.4, -0.2) is 41.4 Å². The third-order valence-corrected chi connectivity index (χ3v) is 4.36. The third kappa shape index (κ3) is 12.0. The predicted octanol–water partition coefficient (Wildman–Crippen LogP) is 1.60. The molecule has 0 radical (unpaired) electrons. The smallest absolute Gasteiger partial charge is 1.00 e. The van der Waals surface area contributed by atoms with E-state index in [0.29, 0.717) is 0 Å². The van der Waals surface area contributed by atoms with Gasteiger partial charge >= 0.3 is 35.5 Å². The molecule has 4 nitrogen and oxygen atoms in total. The van der Waals surface area contributed by atoms with Crippen LogP contribution in [0.25, 0.3) is 0 Å². The van der Waals surface area contributed by atoms with Crippen molar-refractivity contribution in [3.8, 4) is 0 Å². The third-order valence-electron chi connectivity index (χ3n) is 4.36. The summed E-state index contributed by atoms with van der Waals surface area (Å²) in [7, 11) is 0. The van der Waals surface area contributed by atoms with Crippen molar-refractivity contribution in [2.24, 2.45) is 4.99 Å². The van der Waals surface area contributed by atoms with Crippen LogP contribution in [0.2, 0.25) is 0 Å². The summed E-state index contributed by atoms with van der Waals surface area (Å²) in [6.45, 7) is 3.91. The van der Waals surface area contributed by atoms with E-state index in [1.807, 2.05) is 4.90 Å². The molecule has 0 bridgehead atoms. The number of amidine groups is 1. The molecule has 0 spiro atoms. The standard InChI is InChI=1S/C18H34N2O2.Na.H/c1-2-3-4-5-6-7-8-9-10-11-12-13-17-19-14-15-20(17)16-18(21)22;;/h2-16H2,1H3,(H,21,22);;/q;+1;-1. The number of carbonyl (C=O) groups is 1. The molecule has 0 unspecified atom stereocenters. The first-order valence-electron chi connectivity index (χ1n) is 9.24. The van der Waals surface area contributed by atoms with Gasteiger partial charge in [0.15, 0.2) is 0 Å². The Morgan fingerprint density at radius 1 is 1.04 bits per heavy atom. The van der Waals surface area contributed by atoms with Crippen molar-refractivity contribution in [1.82, 2.24) is 4.90 Å². The van der Waals surface area contributed by atoms with Crippen molar-refractivity contribution in [3.05, 3.63) is 0 Å². The van der Waals surface area contributed by atoms with Gasteiger partial charge in [0.2, 0.25) is 0 Å². The Hall–Kier alpha value is -0.0600. The van der Waals surface area contributed by atoms with Crippen molar-refractivity contribution in [2.45, 2.75) is 84.0 Å². The zero-order chi connectivity index (χ0) is 16.0. The second kappa shape index (κ2) is 15.5. The van der Waals surface area contributed by atoms with Crippen LogP contribution in [-0.2, 0) is 4.79 Å². The monoisotopic (exact) mass is 334 g/mol. The first-order valence-corrected chi connectivity index (χ1v) is 9.24. The van der Waals surface area contributed by atoms with Gasteiger partial charge in [-0.05, 0) is 6.42 Å². The van der Waals surface area contributed by atoms with E-state index in [-0.39, 0.29) is 37.5 Å². The maximum absolute atomic E-state index is 10.8. The number of carboxylic acid groups (broad SMARTS) is 1. The van der Waals surface area contributed by atoms with Crippen molar-refractivity contribution in [3.63, 3.8) is 0 Å². The molecular weight excluding hydrogens is 299 g/mol. The van der Waals surface area contributed by atoms with Crippen LogP contribution in [0, 0.1) is 0 Å². The summed E-state index contributed by atoms with van der Waals surface area (Å²) >= 11 is 0. The molecule has 0 aliphatic carbocycles. The minimum atomic E-state index is -0.756. The second-order valence-corrected chi connectivity index (χ2v) is 6.40. The van der Waals surface area contributed by atoms with Crippen molar-refractivity contribution in [2.75, 3.05) is 19.6 Å². The van der Waals surface area contributed by atoms with Crippen molar-refractivity contribution < 1.29 is 40.9 Å². The minimum Gasteiger partial charge on any atom is -1.00 e. The maximum Gasteiger partial charge on any atom is 1.00 e. The van der Waals surface area contributed by atoms with Crippen LogP contribution < -0.4 is 29.6 Å². The molecule has 1 aliphatic rings. The molecule has 0 atom stereocenters. The Balaban J connectivity index is 0. The molecule has 1 aliphatic heterocycles. The van der Waals surface area contributed by atoms with E-state index >= 15 is 0 Å². The molecular formula is C18H35N2NaO2. The Bertz CT molecular complexity index is 341. The van der Waals surface area contributed by atoms with E-state index in [2.05, 4.69) is 11.9 Å². The van der Waals surface area contributed by atoms with Gasteiger partial charge in [-0.3, -0.25) is 9.79 Å². The minimum absolute atomic E-state index is 0. The van der Waals surface area contributed by atoms with E-state index in [1.165, 1.54) is 64.2 Å². The largest absolute Gasteiger partial charge is 1.00 e. The fourth-order valence-corrected chi connectivity index (χ4v) is 3.05. The molecule has 5 heteroatoms. The molecule has 0 fully saturated rings. The van der Waals surface area contributed by atoms with Crippen LogP contribution in [0.5, 0.6) is 0 Å². The molecule has 0 aromatic heterocycles. The van der Waals surface area contributed by atoms with Gasteiger partial charge in [-0.15, -0.1) is 0 Å². The zero-order valence-electron chi connectivity index (χ0n) is 16.4. The molecule has 0 amide bonds. The molecule has 0 aromatic carbocycles. The second-order valence-electron chi connectivity index (χ2n) is 6.40.